The van der Waals surface area contributed by atoms with Crippen molar-refractivity contribution in [1.29, 1.82) is 0 Å². The number of aryl methyl sites for hydroxylation is 1. The fourth-order valence-corrected chi connectivity index (χ4v) is 2.87. The summed E-state index contributed by atoms with van der Waals surface area (Å²) in [6.45, 7) is 8.52. The second-order valence-corrected chi connectivity index (χ2v) is 5.45. The van der Waals surface area contributed by atoms with Crippen LogP contribution in [0, 0.1) is 6.92 Å². The number of likely N-dealkylation sites (tertiary alicyclic amines) is 1. The van der Waals surface area contributed by atoms with E-state index < -0.39 is 0 Å². The summed E-state index contributed by atoms with van der Waals surface area (Å²) in [5.74, 6) is 0. The number of hydrogen-bond donors (Lipinski definition) is 2. The molecule has 2 aliphatic rings. The summed E-state index contributed by atoms with van der Waals surface area (Å²) in [4.78, 5) is 2.41. The van der Waals surface area contributed by atoms with Gasteiger partial charge in [0.25, 0.3) is 0 Å². The fourth-order valence-electron chi connectivity index (χ4n) is 2.87. The third kappa shape index (κ3) is 2.77. The van der Waals surface area contributed by atoms with Crippen molar-refractivity contribution in [1.82, 2.24) is 20.5 Å². The van der Waals surface area contributed by atoms with Crippen LogP contribution in [0.1, 0.15) is 30.5 Å². The molecule has 0 aromatic carbocycles. The van der Waals surface area contributed by atoms with Crippen LogP contribution in [0.25, 0.3) is 5.57 Å². The summed E-state index contributed by atoms with van der Waals surface area (Å²) in [5.41, 5.74) is 8.26. The molecule has 0 atom stereocenters. The minimum Gasteiger partial charge on any atom is -0.371 e. The van der Waals surface area contributed by atoms with Crippen LogP contribution in [0.3, 0.4) is 0 Å². The molecule has 1 aromatic heterocycles. The minimum atomic E-state index is 1.01. The molecule has 110 valence electrons. The molecule has 0 bridgehead atoms. The van der Waals surface area contributed by atoms with Crippen LogP contribution in [-0.4, -0.2) is 34.4 Å². The molecule has 1 fully saturated rings. The van der Waals surface area contributed by atoms with E-state index in [9.17, 15) is 0 Å². The van der Waals surface area contributed by atoms with E-state index in [1.807, 2.05) is 25.4 Å². The number of aromatic nitrogens is 2. The number of nitrogens with one attached hydrogen (secondary N) is 2. The SMILES string of the molecule is C=C1C(N2CCCCC2)=C/C=N\N/C=C\1c1cn[nH]c1C. The van der Waals surface area contributed by atoms with Crippen molar-refractivity contribution in [3.8, 4) is 0 Å². The number of allylic oxidation sites excluding steroid dienone is 2. The van der Waals surface area contributed by atoms with Gasteiger partial charge in [-0.1, -0.05) is 6.58 Å². The van der Waals surface area contributed by atoms with Crippen molar-refractivity contribution < 1.29 is 0 Å². The molecule has 21 heavy (non-hydrogen) atoms. The molecule has 3 heterocycles. The monoisotopic (exact) mass is 283 g/mol. The molecular weight excluding hydrogens is 262 g/mol. The highest BCUT2D eigenvalue weighted by Gasteiger charge is 2.20. The Morgan fingerprint density at radius 2 is 2.05 bits per heavy atom. The first-order valence-corrected chi connectivity index (χ1v) is 7.41. The van der Waals surface area contributed by atoms with Crippen LogP contribution in [0.4, 0.5) is 0 Å². The van der Waals surface area contributed by atoms with E-state index in [1.165, 1.54) is 19.3 Å². The number of hydrazone groups is 1. The molecule has 0 amide bonds. The van der Waals surface area contributed by atoms with Gasteiger partial charge in [0.2, 0.25) is 0 Å². The molecular formula is C16H21N5. The number of piperidine rings is 1. The zero-order valence-corrected chi connectivity index (χ0v) is 12.4. The zero-order valence-electron chi connectivity index (χ0n) is 12.4. The Labute approximate surface area is 125 Å². The average molecular weight is 283 g/mol. The highest BCUT2D eigenvalue weighted by Crippen LogP contribution is 2.31. The molecule has 0 spiro atoms. The Bertz CT molecular complexity index is 614. The van der Waals surface area contributed by atoms with E-state index in [2.05, 4.69) is 32.2 Å². The van der Waals surface area contributed by atoms with Gasteiger partial charge < -0.3 is 4.90 Å². The summed E-state index contributed by atoms with van der Waals surface area (Å²) in [6.07, 6.45) is 11.4. The van der Waals surface area contributed by atoms with Gasteiger partial charge in [-0.3, -0.25) is 10.5 Å². The Hall–Kier alpha value is -2.30. The van der Waals surface area contributed by atoms with Crippen molar-refractivity contribution in [2.24, 2.45) is 5.10 Å². The summed E-state index contributed by atoms with van der Waals surface area (Å²) >= 11 is 0. The van der Waals surface area contributed by atoms with Crippen LogP contribution in [-0.2, 0) is 0 Å². The molecule has 5 heteroatoms. The Balaban J connectivity index is 1.95. The van der Waals surface area contributed by atoms with Gasteiger partial charge in [0, 0.05) is 53.6 Å². The van der Waals surface area contributed by atoms with E-state index in [0.29, 0.717) is 0 Å². The third-order valence-electron chi connectivity index (χ3n) is 4.04. The summed E-state index contributed by atoms with van der Waals surface area (Å²) < 4.78 is 0. The normalized spacial score (nSPS) is 23.5. The van der Waals surface area contributed by atoms with Crippen molar-refractivity contribution in [2.75, 3.05) is 13.1 Å². The van der Waals surface area contributed by atoms with Crippen molar-refractivity contribution in [2.45, 2.75) is 26.2 Å². The lowest BCUT2D eigenvalue weighted by atomic mass is 9.96. The maximum atomic E-state index is 4.33. The molecule has 3 rings (SSSR count). The number of rotatable bonds is 2. The van der Waals surface area contributed by atoms with Gasteiger partial charge in [-0.15, -0.1) is 0 Å². The van der Waals surface area contributed by atoms with Gasteiger partial charge in [-0.2, -0.15) is 10.2 Å². The van der Waals surface area contributed by atoms with E-state index in [4.69, 9.17) is 0 Å². The molecule has 0 saturated carbocycles. The lowest BCUT2D eigenvalue weighted by molar-refractivity contribution is 0.291. The standard InChI is InChI=1S/C16H21N5/c1-12-14(15-11-19-20-13(15)2)10-18-17-7-6-16(12)21-8-4-3-5-9-21/h6-7,10-11,18H,1,3-5,8-9H2,2H3,(H,19,20)/b14-10+,16-6?,17-7-. The number of nitrogens with zero attached hydrogens (tertiary/aromatic N) is 3. The van der Waals surface area contributed by atoms with Crippen LogP contribution < -0.4 is 5.43 Å². The van der Waals surface area contributed by atoms with Crippen LogP contribution in [0.5, 0.6) is 0 Å². The molecule has 5 nitrogen and oxygen atoms in total. The molecule has 1 aromatic rings. The quantitative estimate of drug-likeness (QED) is 0.877. The molecule has 1 saturated heterocycles. The highest BCUT2D eigenvalue weighted by atomic mass is 15.3. The number of hydrogen-bond acceptors (Lipinski definition) is 4. The van der Waals surface area contributed by atoms with E-state index in [-0.39, 0.29) is 0 Å². The zero-order chi connectivity index (χ0) is 14.7. The predicted octanol–water partition coefficient (Wildman–Crippen LogP) is 2.57. The Kier molecular flexibility index (Phi) is 3.90. The third-order valence-corrected chi connectivity index (χ3v) is 4.04. The van der Waals surface area contributed by atoms with Crippen molar-refractivity contribution >= 4 is 11.8 Å². The lowest BCUT2D eigenvalue weighted by Crippen LogP contribution is -2.30. The second kappa shape index (κ2) is 5.99. The molecule has 2 aliphatic heterocycles. The predicted molar refractivity (Wildman–Crippen MR) is 85.6 cm³/mol. The minimum absolute atomic E-state index is 1.01. The largest absolute Gasteiger partial charge is 0.371 e. The molecule has 0 unspecified atom stereocenters. The molecule has 0 aliphatic carbocycles. The number of H-pyrrole nitrogens is 1. The van der Waals surface area contributed by atoms with Crippen LogP contribution in [0.2, 0.25) is 0 Å². The Morgan fingerprint density at radius 3 is 2.76 bits per heavy atom. The summed E-state index contributed by atoms with van der Waals surface area (Å²) in [6, 6.07) is 0. The Morgan fingerprint density at radius 1 is 1.24 bits per heavy atom. The van der Waals surface area contributed by atoms with E-state index in [1.54, 1.807) is 6.21 Å². The van der Waals surface area contributed by atoms with Gasteiger partial charge in [-0.05, 0) is 32.3 Å². The van der Waals surface area contributed by atoms with Gasteiger partial charge >= 0.3 is 0 Å². The maximum Gasteiger partial charge on any atom is 0.0569 e. The van der Waals surface area contributed by atoms with Crippen molar-refractivity contribution in [3.63, 3.8) is 0 Å². The smallest absolute Gasteiger partial charge is 0.0569 e. The van der Waals surface area contributed by atoms with Crippen LogP contribution >= 0.6 is 0 Å². The van der Waals surface area contributed by atoms with Gasteiger partial charge in [-0.25, -0.2) is 0 Å². The summed E-state index contributed by atoms with van der Waals surface area (Å²) in [7, 11) is 0. The van der Waals surface area contributed by atoms with Gasteiger partial charge in [0.05, 0.1) is 6.20 Å². The average Bonchev–Trinajstić information content (AvgIpc) is 2.91. The van der Waals surface area contributed by atoms with Gasteiger partial charge in [0.1, 0.15) is 0 Å². The van der Waals surface area contributed by atoms with E-state index in [0.717, 1.165) is 41.2 Å². The molecule has 2 N–H and O–H groups in total. The topological polar surface area (TPSA) is 56.3 Å². The first-order valence-electron chi connectivity index (χ1n) is 7.41. The first-order chi connectivity index (χ1) is 10.3. The van der Waals surface area contributed by atoms with Gasteiger partial charge in [0.15, 0.2) is 0 Å². The lowest BCUT2D eigenvalue weighted by Gasteiger charge is -2.32. The fraction of sp³-hybridized carbons (Fsp3) is 0.375. The van der Waals surface area contributed by atoms with E-state index >= 15 is 0 Å². The molecule has 0 radical (unpaired) electrons. The second-order valence-electron chi connectivity index (χ2n) is 5.45. The summed E-state index contributed by atoms with van der Waals surface area (Å²) in [5, 5.41) is 11.3. The number of aromatic amines is 1. The van der Waals surface area contributed by atoms with Crippen LogP contribution in [0.15, 0.2) is 41.4 Å². The van der Waals surface area contributed by atoms with Crippen molar-refractivity contribution in [3.05, 3.63) is 47.6 Å². The highest BCUT2D eigenvalue weighted by molar-refractivity contribution is 5.86. The first kappa shape index (κ1) is 13.7. The maximum absolute atomic E-state index is 4.33.